The van der Waals surface area contributed by atoms with Gasteiger partial charge in [-0.2, -0.15) is 0 Å². The van der Waals surface area contributed by atoms with E-state index in [1.807, 2.05) is 6.07 Å². The van der Waals surface area contributed by atoms with Crippen molar-refractivity contribution in [2.24, 2.45) is 0 Å². The minimum Gasteiger partial charge on any atom is -0.349 e. The predicted octanol–water partition coefficient (Wildman–Crippen LogP) is 3.77. The third-order valence-electron chi connectivity index (χ3n) is 6.78. The quantitative estimate of drug-likeness (QED) is 0.407. The van der Waals surface area contributed by atoms with Crippen LogP contribution in [0.25, 0.3) is 10.9 Å². The topological polar surface area (TPSA) is 90.2 Å². The number of fused-ring (bicyclic) bond motifs is 1. The molecule has 4 aromatic rings. The number of aromatic nitrogens is 2. The molecular formula is C29H27N3O4. The Bertz CT molecular complexity index is 1530. The Hall–Kier alpha value is -4.26. The molecule has 182 valence electrons. The molecular weight excluding hydrogens is 454 g/mol. The second-order valence-corrected chi connectivity index (χ2v) is 9.22. The van der Waals surface area contributed by atoms with E-state index in [1.54, 1.807) is 72.8 Å². The summed E-state index contributed by atoms with van der Waals surface area (Å²) in [6, 6.07) is 22.7. The molecule has 7 heteroatoms. The van der Waals surface area contributed by atoms with E-state index in [-0.39, 0.29) is 30.8 Å². The molecule has 3 aromatic carbocycles. The summed E-state index contributed by atoms with van der Waals surface area (Å²) in [5, 5.41) is 3.43. The van der Waals surface area contributed by atoms with Crippen LogP contribution in [0.2, 0.25) is 0 Å². The number of ketones is 1. The van der Waals surface area contributed by atoms with Crippen LogP contribution < -0.4 is 16.6 Å². The minimum atomic E-state index is -0.550. The second-order valence-electron chi connectivity index (χ2n) is 9.22. The van der Waals surface area contributed by atoms with Gasteiger partial charge in [0.05, 0.1) is 24.0 Å². The van der Waals surface area contributed by atoms with Gasteiger partial charge in [-0.3, -0.25) is 23.5 Å². The van der Waals surface area contributed by atoms with Crippen molar-refractivity contribution in [3.05, 3.63) is 116 Å². The number of nitrogens with one attached hydrogen (secondary N) is 1. The third kappa shape index (κ3) is 4.77. The van der Waals surface area contributed by atoms with Crippen molar-refractivity contribution in [2.45, 2.75) is 44.8 Å². The third-order valence-corrected chi connectivity index (χ3v) is 6.78. The van der Waals surface area contributed by atoms with E-state index >= 15 is 0 Å². The van der Waals surface area contributed by atoms with Crippen molar-refractivity contribution in [3.63, 3.8) is 0 Å². The highest BCUT2D eigenvalue weighted by Crippen LogP contribution is 2.18. The molecule has 0 bridgehead atoms. The molecule has 0 spiro atoms. The highest BCUT2D eigenvalue weighted by molar-refractivity contribution is 5.96. The molecule has 1 fully saturated rings. The molecule has 0 saturated heterocycles. The fraction of sp³-hybridized carbons (Fsp3) is 0.241. The van der Waals surface area contributed by atoms with Crippen LogP contribution in [0.1, 0.15) is 52.0 Å². The fourth-order valence-corrected chi connectivity index (χ4v) is 4.81. The summed E-state index contributed by atoms with van der Waals surface area (Å²) in [6.07, 6.45) is 4.29. The van der Waals surface area contributed by atoms with Crippen LogP contribution in [0.5, 0.6) is 0 Å². The maximum absolute atomic E-state index is 13.5. The van der Waals surface area contributed by atoms with Crippen LogP contribution in [0.4, 0.5) is 0 Å². The number of rotatable bonds is 7. The molecule has 0 atom stereocenters. The molecule has 1 aliphatic carbocycles. The maximum Gasteiger partial charge on any atom is 0.332 e. The largest absolute Gasteiger partial charge is 0.349 e. The first kappa shape index (κ1) is 23.5. The molecule has 36 heavy (non-hydrogen) atoms. The number of carbonyl (C=O) groups excluding carboxylic acids is 2. The second kappa shape index (κ2) is 10.2. The molecule has 1 aromatic heterocycles. The smallest absolute Gasteiger partial charge is 0.332 e. The van der Waals surface area contributed by atoms with E-state index in [1.165, 1.54) is 4.57 Å². The molecule has 0 unspecified atom stereocenters. The average molecular weight is 482 g/mol. The van der Waals surface area contributed by atoms with Gasteiger partial charge in [0, 0.05) is 17.2 Å². The normalized spacial score (nSPS) is 13.7. The molecule has 0 aliphatic heterocycles. The summed E-state index contributed by atoms with van der Waals surface area (Å²) in [5.41, 5.74) is 1.21. The van der Waals surface area contributed by atoms with Crippen LogP contribution in [-0.4, -0.2) is 26.9 Å². The highest BCUT2D eigenvalue weighted by atomic mass is 16.2. The van der Waals surface area contributed by atoms with Crippen LogP contribution in [-0.2, 0) is 13.1 Å². The molecule has 1 aliphatic rings. The first-order chi connectivity index (χ1) is 17.5. The minimum absolute atomic E-state index is 0.0343. The summed E-state index contributed by atoms with van der Waals surface area (Å²) in [4.78, 5) is 52.1. The van der Waals surface area contributed by atoms with E-state index in [2.05, 4.69) is 5.32 Å². The zero-order valence-corrected chi connectivity index (χ0v) is 19.9. The van der Waals surface area contributed by atoms with Gasteiger partial charge in [-0.25, -0.2) is 4.79 Å². The van der Waals surface area contributed by atoms with Gasteiger partial charge in [0.15, 0.2) is 5.78 Å². The zero-order chi connectivity index (χ0) is 25.1. The molecule has 1 amide bonds. The first-order valence-electron chi connectivity index (χ1n) is 12.2. The van der Waals surface area contributed by atoms with Gasteiger partial charge in [-0.1, -0.05) is 67.4 Å². The van der Waals surface area contributed by atoms with Crippen molar-refractivity contribution in [1.82, 2.24) is 14.5 Å². The summed E-state index contributed by atoms with van der Waals surface area (Å²) < 4.78 is 2.50. The van der Waals surface area contributed by atoms with Gasteiger partial charge in [0.1, 0.15) is 0 Å². The van der Waals surface area contributed by atoms with Gasteiger partial charge in [-0.15, -0.1) is 0 Å². The van der Waals surface area contributed by atoms with E-state index in [0.717, 1.165) is 30.3 Å². The number of Topliss-reactive ketones (excluding diaryl/α,β-unsaturated/α-hetero) is 1. The van der Waals surface area contributed by atoms with Gasteiger partial charge in [-0.05, 0) is 42.7 Å². The zero-order valence-electron chi connectivity index (χ0n) is 19.9. The Kier molecular flexibility index (Phi) is 6.62. The molecule has 5 rings (SSSR count). The summed E-state index contributed by atoms with van der Waals surface area (Å²) in [7, 11) is 0. The van der Waals surface area contributed by atoms with E-state index < -0.39 is 11.2 Å². The Morgan fingerprint density at radius 3 is 2.17 bits per heavy atom. The van der Waals surface area contributed by atoms with E-state index in [0.29, 0.717) is 27.6 Å². The van der Waals surface area contributed by atoms with Crippen LogP contribution >= 0.6 is 0 Å². The van der Waals surface area contributed by atoms with Crippen molar-refractivity contribution in [2.75, 3.05) is 0 Å². The Labute approximate surface area is 208 Å². The number of hydrogen-bond donors (Lipinski definition) is 1. The molecule has 1 saturated carbocycles. The number of carbonyl (C=O) groups is 2. The van der Waals surface area contributed by atoms with Crippen molar-refractivity contribution in [3.8, 4) is 0 Å². The monoisotopic (exact) mass is 481 g/mol. The van der Waals surface area contributed by atoms with Gasteiger partial charge in [0.2, 0.25) is 0 Å². The molecule has 7 nitrogen and oxygen atoms in total. The Balaban J connectivity index is 1.45. The van der Waals surface area contributed by atoms with Crippen molar-refractivity contribution < 1.29 is 9.59 Å². The predicted molar refractivity (Wildman–Crippen MR) is 139 cm³/mol. The van der Waals surface area contributed by atoms with Gasteiger partial charge >= 0.3 is 5.69 Å². The lowest BCUT2D eigenvalue weighted by Gasteiger charge is -2.14. The number of benzene rings is 3. The standard InChI is InChI=1S/C29H27N3O4/c33-26(21-8-2-1-3-9-21)19-31-25-13-7-6-12-24(25)28(35)32(29(31)36)18-20-14-16-22(17-15-20)27(34)30-23-10-4-5-11-23/h1-3,6-9,12-17,23H,4-5,10-11,18-19H2,(H,30,34). The SMILES string of the molecule is O=C(Cn1c(=O)n(Cc2ccc(C(=O)NC3CCCC3)cc2)c(=O)c2ccccc21)c1ccccc1. The maximum atomic E-state index is 13.5. The van der Waals surface area contributed by atoms with Crippen LogP contribution in [0.3, 0.4) is 0 Å². The molecule has 1 N–H and O–H groups in total. The molecule has 1 heterocycles. The Morgan fingerprint density at radius 2 is 1.44 bits per heavy atom. The van der Waals surface area contributed by atoms with E-state index in [4.69, 9.17) is 0 Å². The lowest BCUT2D eigenvalue weighted by molar-refractivity contribution is 0.0936. The average Bonchev–Trinajstić information content (AvgIpc) is 3.43. The van der Waals surface area contributed by atoms with Crippen LogP contribution in [0, 0.1) is 0 Å². The lowest BCUT2D eigenvalue weighted by atomic mass is 10.1. The summed E-state index contributed by atoms with van der Waals surface area (Å²) >= 11 is 0. The van der Waals surface area contributed by atoms with Crippen LogP contribution in [0.15, 0.2) is 88.5 Å². The van der Waals surface area contributed by atoms with Crippen molar-refractivity contribution in [1.29, 1.82) is 0 Å². The number of para-hydroxylation sites is 1. The van der Waals surface area contributed by atoms with Crippen molar-refractivity contribution >= 4 is 22.6 Å². The number of nitrogens with zero attached hydrogens (tertiary/aromatic N) is 2. The highest BCUT2D eigenvalue weighted by Gasteiger charge is 2.19. The summed E-state index contributed by atoms with van der Waals surface area (Å²) in [5.74, 6) is -0.330. The number of amides is 1. The lowest BCUT2D eigenvalue weighted by Crippen LogP contribution is -2.41. The molecule has 0 radical (unpaired) electrons. The Morgan fingerprint density at radius 1 is 0.778 bits per heavy atom. The fourth-order valence-electron chi connectivity index (χ4n) is 4.81. The summed E-state index contributed by atoms with van der Waals surface area (Å²) in [6.45, 7) is -0.142. The first-order valence-corrected chi connectivity index (χ1v) is 12.2. The van der Waals surface area contributed by atoms with Gasteiger partial charge < -0.3 is 5.32 Å². The van der Waals surface area contributed by atoms with Gasteiger partial charge in [0.25, 0.3) is 11.5 Å². The van der Waals surface area contributed by atoms with E-state index in [9.17, 15) is 19.2 Å². The number of hydrogen-bond acceptors (Lipinski definition) is 4.